The molecule has 11 aromatic rings. The van der Waals surface area contributed by atoms with Crippen LogP contribution < -0.4 is 9.80 Å². The van der Waals surface area contributed by atoms with Gasteiger partial charge in [0.25, 0.3) is 0 Å². The van der Waals surface area contributed by atoms with E-state index < -0.39 is 0 Å². The van der Waals surface area contributed by atoms with Gasteiger partial charge in [0, 0.05) is 38.3 Å². The number of para-hydroxylation sites is 4. The van der Waals surface area contributed by atoms with Gasteiger partial charge < -0.3 is 18.6 Å². The minimum atomic E-state index is 0.862. The van der Waals surface area contributed by atoms with Crippen molar-refractivity contribution < 1.29 is 8.83 Å². The molecule has 0 radical (unpaired) electrons. The summed E-state index contributed by atoms with van der Waals surface area (Å²) in [7, 11) is 0. The Kier molecular flexibility index (Phi) is 8.80. The Bertz CT molecular complexity index is 3410. The van der Waals surface area contributed by atoms with Gasteiger partial charge in [0.1, 0.15) is 11.2 Å². The SMILES string of the molecule is Cc1cc(C)cc(N(c2cccccc3c(N(c4cc(C)cc(C)c4)c4cccc5c4oc4c(C)cccc45)ccc4ccc2cc43)c2cccc3c2oc2c(C)cccc23)c1. The molecule has 0 aliphatic heterocycles. The smallest absolute Gasteiger partial charge is 0.159 e. The third-order valence-corrected chi connectivity index (χ3v) is 12.4. The Morgan fingerprint density at radius 3 is 1.26 bits per heavy atom. The second kappa shape index (κ2) is 14.6. The summed E-state index contributed by atoms with van der Waals surface area (Å²) in [6, 6.07) is 61.8. The van der Waals surface area contributed by atoms with Crippen LogP contribution >= 0.6 is 0 Å². The van der Waals surface area contributed by atoms with Crippen molar-refractivity contribution in [2.24, 2.45) is 0 Å². The second-order valence-electron chi connectivity index (χ2n) is 17.0. The minimum Gasteiger partial charge on any atom is -0.454 e. The number of rotatable bonds is 6. The Morgan fingerprint density at radius 2 is 0.710 bits per heavy atom. The van der Waals surface area contributed by atoms with Crippen molar-refractivity contribution in [1.82, 2.24) is 0 Å². The van der Waals surface area contributed by atoms with Crippen LogP contribution in [0.15, 0.2) is 179 Å². The highest BCUT2D eigenvalue weighted by Crippen LogP contribution is 2.48. The van der Waals surface area contributed by atoms with Crippen LogP contribution in [0.5, 0.6) is 0 Å². The average Bonchev–Trinajstić information content (AvgIpc) is 3.84. The van der Waals surface area contributed by atoms with E-state index in [1.807, 2.05) is 0 Å². The van der Waals surface area contributed by atoms with E-state index in [1.54, 1.807) is 0 Å². The van der Waals surface area contributed by atoms with E-state index in [0.29, 0.717) is 0 Å². The van der Waals surface area contributed by atoms with Crippen molar-refractivity contribution in [3.63, 3.8) is 0 Å². The first-order chi connectivity index (χ1) is 30.2. The van der Waals surface area contributed by atoms with Crippen molar-refractivity contribution >= 4 is 99.5 Å². The Balaban J connectivity index is 1.20. The predicted molar refractivity (Wildman–Crippen MR) is 263 cm³/mol. The summed E-state index contributed by atoms with van der Waals surface area (Å²) in [5.41, 5.74) is 16.8. The maximum absolute atomic E-state index is 6.86. The zero-order valence-electron chi connectivity index (χ0n) is 35.9. The van der Waals surface area contributed by atoms with Gasteiger partial charge in [-0.05, 0) is 146 Å². The number of anilines is 6. The summed E-state index contributed by atoms with van der Waals surface area (Å²) in [5, 5.41) is 8.96. The summed E-state index contributed by atoms with van der Waals surface area (Å²) < 4.78 is 13.7. The van der Waals surface area contributed by atoms with E-state index >= 15 is 0 Å². The summed E-state index contributed by atoms with van der Waals surface area (Å²) in [6.45, 7) is 12.9. The molecule has 9 aromatic carbocycles. The lowest BCUT2D eigenvalue weighted by Gasteiger charge is -2.28. The van der Waals surface area contributed by atoms with Gasteiger partial charge >= 0.3 is 0 Å². The van der Waals surface area contributed by atoms with E-state index in [4.69, 9.17) is 8.83 Å². The van der Waals surface area contributed by atoms with Crippen molar-refractivity contribution in [2.45, 2.75) is 41.5 Å². The van der Waals surface area contributed by atoms with E-state index in [2.05, 4.69) is 221 Å². The minimum absolute atomic E-state index is 0.862. The molecule has 0 aliphatic rings. The molecule has 0 aliphatic carbocycles. The molecule has 0 saturated heterocycles. The first-order valence-electron chi connectivity index (χ1n) is 21.4. The largest absolute Gasteiger partial charge is 0.454 e. The zero-order chi connectivity index (χ0) is 42.2. The molecule has 62 heavy (non-hydrogen) atoms. The van der Waals surface area contributed by atoms with E-state index in [-0.39, 0.29) is 0 Å². The van der Waals surface area contributed by atoms with E-state index in [1.165, 1.54) is 22.3 Å². The normalized spacial score (nSPS) is 11.7. The maximum Gasteiger partial charge on any atom is 0.159 e. The van der Waals surface area contributed by atoms with Gasteiger partial charge in [-0.2, -0.15) is 0 Å². The highest BCUT2D eigenvalue weighted by Gasteiger charge is 2.24. The van der Waals surface area contributed by atoms with Gasteiger partial charge in [0.2, 0.25) is 0 Å². The molecule has 300 valence electrons. The van der Waals surface area contributed by atoms with Crippen LogP contribution in [0.25, 0.3) is 65.4 Å². The highest BCUT2D eigenvalue weighted by atomic mass is 16.3. The number of furan rings is 2. The molecule has 2 bridgehead atoms. The van der Waals surface area contributed by atoms with Crippen LogP contribution in [0, 0.1) is 41.5 Å². The van der Waals surface area contributed by atoms with Crippen LogP contribution in [0.3, 0.4) is 0 Å². The van der Waals surface area contributed by atoms with Gasteiger partial charge in [-0.25, -0.2) is 0 Å². The molecular weight excluding hydrogens is 757 g/mol. The van der Waals surface area contributed by atoms with Crippen LogP contribution in [0.4, 0.5) is 34.1 Å². The van der Waals surface area contributed by atoms with Crippen molar-refractivity contribution in [1.29, 1.82) is 0 Å². The van der Waals surface area contributed by atoms with Gasteiger partial charge in [0.05, 0.1) is 22.7 Å². The molecule has 2 aromatic heterocycles. The number of nitrogens with zero attached hydrogens (tertiary/aromatic N) is 2. The molecule has 0 saturated carbocycles. The fourth-order valence-corrected chi connectivity index (χ4v) is 9.74. The monoisotopic (exact) mass is 802 g/mol. The van der Waals surface area contributed by atoms with Crippen LogP contribution in [-0.2, 0) is 0 Å². The maximum atomic E-state index is 6.86. The summed E-state index contributed by atoms with van der Waals surface area (Å²) in [6.07, 6.45) is 0. The summed E-state index contributed by atoms with van der Waals surface area (Å²) in [4.78, 5) is 4.77. The topological polar surface area (TPSA) is 32.8 Å². The quantitative estimate of drug-likeness (QED) is 0.168. The molecule has 0 N–H and O–H groups in total. The number of hydrogen-bond donors (Lipinski definition) is 0. The van der Waals surface area contributed by atoms with Crippen molar-refractivity contribution in [3.8, 4) is 0 Å². The number of fused-ring (bicyclic) bond motifs is 7. The first-order valence-corrected chi connectivity index (χ1v) is 21.4. The van der Waals surface area contributed by atoms with E-state index in [9.17, 15) is 0 Å². The van der Waals surface area contributed by atoms with Crippen molar-refractivity contribution in [3.05, 3.63) is 203 Å². The molecule has 0 spiro atoms. The Morgan fingerprint density at radius 1 is 0.290 bits per heavy atom. The van der Waals surface area contributed by atoms with E-state index in [0.717, 1.165) is 111 Å². The molecule has 0 fully saturated rings. The summed E-state index contributed by atoms with van der Waals surface area (Å²) >= 11 is 0. The average molecular weight is 803 g/mol. The molecule has 0 atom stereocenters. The molecule has 11 rings (SSSR count). The van der Waals surface area contributed by atoms with Gasteiger partial charge in [0.15, 0.2) is 11.2 Å². The van der Waals surface area contributed by atoms with Crippen molar-refractivity contribution in [2.75, 3.05) is 9.80 Å². The van der Waals surface area contributed by atoms with Gasteiger partial charge in [-0.1, -0.05) is 115 Å². The fraction of sp³-hybridized carbons (Fsp3) is 0.103. The molecular formula is C58H46N2O2. The number of hydrogen-bond acceptors (Lipinski definition) is 4. The van der Waals surface area contributed by atoms with Crippen LogP contribution in [-0.4, -0.2) is 0 Å². The lowest BCUT2D eigenvalue weighted by atomic mass is 9.99. The molecule has 0 unspecified atom stereocenters. The fourth-order valence-electron chi connectivity index (χ4n) is 9.74. The number of aryl methyl sites for hydroxylation is 6. The molecule has 4 nitrogen and oxygen atoms in total. The Hall–Kier alpha value is -7.56. The third kappa shape index (κ3) is 6.13. The second-order valence-corrected chi connectivity index (χ2v) is 17.0. The highest BCUT2D eigenvalue weighted by molar-refractivity contribution is 6.15. The Labute approximate surface area is 361 Å². The standard InChI is InChI=1S/C58H46N2O2/c1-35-28-36(2)31-43(30-35)59(53-22-12-19-48-46-17-10-14-39(5)55(46)61-57(48)53)51-21-9-7-8-16-45-50-34-42(51)25-24-41(50)26-27-52(45)60(44-32-37(3)29-38(4)33-44)54-23-13-20-49-47-18-11-15-40(6)56(47)62-58(49)54/h7-34H,1-6H3. The van der Waals surface area contributed by atoms with Crippen LogP contribution in [0.1, 0.15) is 33.4 Å². The predicted octanol–water partition coefficient (Wildman–Crippen LogP) is 17.1. The third-order valence-electron chi connectivity index (χ3n) is 12.4. The molecule has 2 heterocycles. The lowest BCUT2D eigenvalue weighted by Crippen LogP contribution is -2.11. The summed E-state index contributed by atoms with van der Waals surface area (Å²) in [5.74, 6) is 0. The number of benzene rings is 8. The van der Waals surface area contributed by atoms with Gasteiger partial charge in [-0.3, -0.25) is 0 Å². The molecule has 4 heteroatoms. The first kappa shape index (κ1) is 37.4. The lowest BCUT2D eigenvalue weighted by molar-refractivity contribution is 0.665. The molecule has 0 amide bonds. The zero-order valence-corrected chi connectivity index (χ0v) is 35.9. The van der Waals surface area contributed by atoms with Gasteiger partial charge in [-0.15, -0.1) is 0 Å². The van der Waals surface area contributed by atoms with Crippen LogP contribution in [0.2, 0.25) is 0 Å².